The average molecular weight is 295 g/mol. The van der Waals surface area contributed by atoms with E-state index in [1.165, 1.54) is 64.6 Å². The van der Waals surface area contributed by atoms with Crippen LogP contribution in [0.25, 0.3) is 0 Å². The van der Waals surface area contributed by atoms with E-state index in [0.29, 0.717) is 0 Å². The summed E-state index contributed by atoms with van der Waals surface area (Å²) in [4.78, 5) is 2.77. The van der Waals surface area contributed by atoms with E-state index >= 15 is 0 Å². The van der Waals surface area contributed by atoms with Crippen LogP contribution in [0.5, 0.6) is 0 Å². The number of piperidine rings is 1. The summed E-state index contributed by atoms with van der Waals surface area (Å²) in [5.74, 6) is 3.71. The molecule has 2 nitrogen and oxygen atoms in total. The summed E-state index contributed by atoms with van der Waals surface area (Å²) in [7, 11) is 2.17. The molecule has 1 heterocycles. The topological polar surface area (TPSA) is 15.3 Å². The minimum Gasteiger partial charge on any atom is -0.317 e. The minimum absolute atomic E-state index is 0.758. The van der Waals surface area contributed by atoms with Crippen molar-refractivity contribution >= 4 is 0 Å². The lowest BCUT2D eigenvalue weighted by molar-refractivity contribution is 0.100. The molecule has 0 aromatic carbocycles. The third kappa shape index (κ3) is 4.96. The van der Waals surface area contributed by atoms with Crippen molar-refractivity contribution in [1.29, 1.82) is 0 Å². The van der Waals surface area contributed by atoms with Gasteiger partial charge in [-0.25, -0.2) is 0 Å². The highest BCUT2D eigenvalue weighted by molar-refractivity contribution is 4.87. The van der Waals surface area contributed by atoms with Crippen LogP contribution >= 0.6 is 0 Å². The number of hydrogen-bond donors (Lipinski definition) is 1. The molecule has 1 aliphatic carbocycles. The van der Waals surface area contributed by atoms with Gasteiger partial charge in [0.05, 0.1) is 0 Å². The van der Waals surface area contributed by atoms with Gasteiger partial charge in [0.25, 0.3) is 0 Å². The second kappa shape index (κ2) is 8.53. The first-order valence-electron chi connectivity index (χ1n) is 9.53. The summed E-state index contributed by atoms with van der Waals surface area (Å²) in [6.45, 7) is 11.2. The summed E-state index contributed by atoms with van der Waals surface area (Å²) in [6.07, 6.45) is 9.96. The molecule has 0 aromatic rings. The van der Waals surface area contributed by atoms with Crippen molar-refractivity contribution in [1.82, 2.24) is 10.2 Å². The molecule has 3 atom stereocenters. The predicted octanol–water partition coefficient (Wildman–Crippen LogP) is 4.16. The van der Waals surface area contributed by atoms with Crippen LogP contribution in [0.15, 0.2) is 0 Å². The van der Waals surface area contributed by atoms with E-state index < -0.39 is 0 Å². The summed E-state index contributed by atoms with van der Waals surface area (Å²) in [5.41, 5.74) is 0. The van der Waals surface area contributed by atoms with Crippen LogP contribution in [0.1, 0.15) is 65.7 Å². The van der Waals surface area contributed by atoms with Gasteiger partial charge in [0.1, 0.15) is 0 Å². The van der Waals surface area contributed by atoms with Gasteiger partial charge in [-0.2, -0.15) is 0 Å². The van der Waals surface area contributed by atoms with Gasteiger partial charge < -0.3 is 10.2 Å². The highest BCUT2D eigenvalue weighted by Gasteiger charge is 2.32. The van der Waals surface area contributed by atoms with Crippen LogP contribution in [0.4, 0.5) is 0 Å². The summed E-state index contributed by atoms with van der Waals surface area (Å²) >= 11 is 0. The molecule has 2 aliphatic rings. The molecule has 3 unspecified atom stereocenters. The van der Waals surface area contributed by atoms with Crippen LogP contribution < -0.4 is 5.32 Å². The Bertz CT molecular complexity index is 281. The predicted molar refractivity (Wildman–Crippen MR) is 92.6 cm³/mol. The third-order valence-electron chi connectivity index (χ3n) is 6.23. The Kier molecular flexibility index (Phi) is 7.01. The van der Waals surface area contributed by atoms with E-state index in [0.717, 1.165) is 29.7 Å². The SMILES string of the molecule is CCCC1CCN(CC2CC(C(C)C)CCC2NC)CC1. The number of likely N-dealkylation sites (tertiary alicyclic amines) is 1. The Morgan fingerprint density at radius 1 is 1.10 bits per heavy atom. The van der Waals surface area contributed by atoms with Gasteiger partial charge in [0.2, 0.25) is 0 Å². The molecule has 0 spiro atoms. The Morgan fingerprint density at radius 3 is 2.38 bits per heavy atom. The fourth-order valence-corrected chi connectivity index (χ4v) is 4.69. The van der Waals surface area contributed by atoms with Gasteiger partial charge in [-0.1, -0.05) is 33.6 Å². The highest BCUT2D eigenvalue weighted by atomic mass is 15.1. The highest BCUT2D eigenvalue weighted by Crippen LogP contribution is 2.35. The molecule has 2 heteroatoms. The normalized spacial score (nSPS) is 32.7. The van der Waals surface area contributed by atoms with Crippen molar-refractivity contribution in [3.8, 4) is 0 Å². The van der Waals surface area contributed by atoms with Gasteiger partial charge in [-0.05, 0) is 75.9 Å². The maximum Gasteiger partial charge on any atom is 0.0105 e. The maximum absolute atomic E-state index is 3.61. The zero-order chi connectivity index (χ0) is 15.2. The summed E-state index contributed by atoms with van der Waals surface area (Å²) in [5, 5.41) is 3.61. The lowest BCUT2D eigenvalue weighted by atomic mass is 9.73. The zero-order valence-electron chi connectivity index (χ0n) is 14.9. The van der Waals surface area contributed by atoms with Crippen molar-refractivity contribution in [2.75, 3.05) is 26.7 Å². The van der Waals surface area contributed by atoms with E-state index in [4.69, 9.17) is 0 Å². The lowest BCUT2D eigenvalue weighted by Crippen LogP contribution is -2.47. The van der Waals surface area contributed by atoms with Gasteiger partial charge in [-0.3, -0.25) is 0 Å². The van der Waals surface area contributed by atoms with Crippen molar-refractivity contribution in [3.63, 3.8) is 0 Å². The van der Waals surface area contributed by atoms with Crippen molar-refractivity contribution in [2.24, 2.45) is 23.7 Å². The first-order chi connectivity index (χ1) is 10.1. The van der Waals surface area contributed by atoms with Crippen LogP contribution in [-0.2, 0) is 0 Å². The molecular weight excluding hydrogens is 256 g/mol. The Morgan fingerprint density at radius 2 is 1.81 bits per heavy atom. The molecule has 1 aliphatic heterocycles. The molecule has 1 saturated heterocycles. The maximum atomic E-state index is 3.61. The second-order valence-corrected chi connectivity index (χ2v) is 8.01. The smallest absolute Gasteiger partial charge is 0.0105 e. The average Bonchev–Trinajstić information content (AvgIpc) is 2.49. The standard InChI is InChI=1S/C19H38N2/c1-5-6-16-9-11-21(12-10-16)14-18-13-17(15(2)3)7-8-19(18)20-4/h15-20H,5-14H2,1-4H3. The van der Waals surface area contributed by atoms with Gasteiger partial charge in [0.15, 0.2) is 0 Å². The molecule has 21 heavy (non-hydrogen) atoms. The number of nitrogens with one attached hydrogen (secondary N) is 1. The largest absolute Gasteiger partial charge is 0.317 e. The molecule has 0 bridgehead atoms. The summed E-state index contributed by atoms with van der Waals surface area (Å²) in [6, 6.07) is 0.758. The fourth-order valence-electron chi connectivity index (χ4n) is 4.69. The van der Waals surface area contributed by atoms with Gasteiger partial charge in [0, 0.05) is 12.6 Å². The molecular formula is C19H38N2. The van der Waals surface area contributed by atoms with E-state index in [2.05, 4.69) is 38.0 Å². The molecule has 0 amide bonds. The fraction of sp³-hybridized carbons (Fsp3) is 1.00. The molecule has 2 rings (SSSR count). The zero-order valence-corrected chi connectivity index (χ0v) is 14.9. The minimum atomic E-state index is 0.758. The van der Waals surface area contributed by atoms with Crippen molar-refractivity contribution in [3.05, 3.63) is 0 Å². The van der Waals surface area contributed by atoms with E-state index in [1.807, 2.05) is 0 Å². The lowest BCUT2D eigenvalue weighted by Gasteiger charge is -2.42. The number of hydrogen-bond acceptors (Lipinski definition) is 2. The monoisotopic (exact) mass is 294 g/mol. The molecule has 1 N–H and O–H groups in total. The first-order valence-corrected chi connectivity index (χ1v) is 9.53. The second-order valence-electron chi connectivity index (χ2n) is 8.01. The molecule has 0 radical (unpaired) electrons. The first kappa shape index (κ1) is 17.3. The van der Waals surface area contributed by atoms with Crippen LogP contribution in [0, 0.1) is 23.7 Å². The molecule has 1 saturated carbocycles. The van der Waals surface area contributed by atoms with Gasteiger partial charge >= 0.3 is 0 Å². The van der Waals surface area contributed by atoms with Crippen LogP contribution in [-0.4, -0.2) is 37.6 Å². The summed E-state index contributed by atoms with van der Waals surface area (Å²) < 4.78 is 0. The third-order valence-corrected chi connectivity index (χ3v) is 6.23. The van der Waals surface area contributed by atoms with Gasteiger partial charge in [-0.15, -0.1) is 0 Å². The van der Waals surface area contributed by atoms with E-state index in [1.54, 1.807) is 0 Å². The number of nitrogens with zero attached hydrogens (tertiary/aromatic N) is 1. The van der Waals surface area contributed by atoms with E-state index in [-0.39, 0.29) is 0 Å². The number of rotatable bonds is 6. The molecule has 124 valence electrons. The Labute approximate surface area is 133 Å². The van der Waals surface area contributed by atoms with Crippen LogP contribution in [0.3, 0.4) is 0 Å². The quantitative estimate of drug-likeness (QED) is 0.791. The van der Waals surface area contributed by atoms with E-state index in [9.17, 15) is 0 Å². The Balaban J connectivity index is 1.82. The van der Waals surface area contributed by atoms with Crippen molar-refractivity contribution in [2.45, 2.75) is 71.8 Å². The molecule has 2 fully saturated rings. The Hall–Kier alpha value is -0.0800. The van der Waals surface area contributed by atoms with Crippen molar-refractivity contribution < 1.29 is 0 Å². The van der Waals surface area contributed by atoms with Crippen LogP contribution in [0.2, 0.25) is 0 Å². The molecule has 0 aromatic heterocycles.